The Hall–Kier alpha value is -3.61. The number of hydrogen-bond donors (Lipinski definition) is 1. The number of carboxylic acid groups (broad SMARTS) is 1. The first kappa shape index (κ1) is 34.3. The van der Waals surface area contributed by atoms with E-state index in [1.807, 2.05) is 40.0 Å². The minimum Gasteiger partial charge on any atom is -0.479 e. The third kappa shape index (κ3) is 8.56. The summed E-state index contributed by atoms with van der Waals surface area (Å²) in [5.41, 5.74) is 2.15. The van der Waals surface area contributed by atoms with Crippen LogP contribution < -0.4 is 4.90 Å². The van der Waals surface area contributed by atoms with Crippen molar-refractivity contribution < 1.29 is 24.1 Å². The molecule has 0 aromatic carbocycles. The van der Waals surface area contributed by atoms with Crippen LogP contribution in [0.2, 0.25) is 0 Å². The molecule has 0 bridgehead atoms. The summed E-state index contributed by atoms with van der Waals surface area (Å²) < 4.78 is 21.7. The summed E-state index contributed by atoms with van der Waals surface area (Å²) in [5.74, 6) is 0.00689. The highest BCUT2D eigenvalue weighted by atomic mass is 16.5. The Kier molecular flexibility index (Phi) is 10.8. The van der Waals surface area contributed by atoms with Gasteiger partial charge < -0.3 is 24.2 Å². The molecule has 2 atom stereocenters. The molecule has 1 N–H and O–H groups in total. The van der Waals surface area contributed by atoms with E-state index in [1.54, 1.807) is 21.3 Å². The predicted octanol–water partition coefficient (Wildman–Crippen LogP) is 5.47. The summed E-state index contributed by atoms with van der Waals surface area (Å²) in [6, 6.07) is 1.91. The molecule has 0 radical (unpaired) electrons. The summed E-state index contributed by atoms with van der Waals surface area (Å²) in [6.07, 6.45) is 6.27. The van der Waals surface area contributed by atoms with Crippen LogP contribution in [0.25, 0.3) is 5.65 Å². The quantitative estimate of drug-likeness (QED) is 0.218. The van der Waals surface area contributed by atoms with Crippen molar-refractivity contribution >= 4 is 17.4 Å². The van der Waals surface area contributed by atoms with E-state index in [1.165, 1.54) is 0 Å². The highest BCUT2D eigenvalue weighted by Gasteiger charge is 2.37. The number of rotatable bonds is 15. The van der Waals surface area contributed by atoms with Crippen LogP contribution >= 0.6 is 0 Å². The Morgan fingerprint density at radius 2 is 1.87 bits per heavy atom. The number of hydrogen-bond acceptors (Lipinski definition) is 9. The largest absolute Gasteiger partial charge is 0.479 e. The molecule has 4 rings (SSSR count). The summed E-state index contributed by atoms with van der Waals surface area (Å²) >= 11 is 0. The zero-order valence-electron chi connectivity index (χ0n) is 27.8. The molecule has 246 valence electrons. The average molecular weight is 624 g/mol. The van der Waals surface area contributed by atoms with Crippen LogP contribution in [0.15, 0.2) is 37.6 Å². The molecular formula is C33H49N7O5. The number of nitrogens with zero attached hydrogens (tertiary/aromatic N) is 7. The van der Waals surface area contributed by atoms with Crippen molar-refractivity contribution in [2.75, 3.05) is 31.2 Å². The maximum atomic E-state index is 12.7. The van der Waals surface area contributed by atoms with Crippen molar-refractivity contribution in [2.24, 2.45) is 5.92 Å². The summed E-state index contributed by atoms with van der Waals surface area (Å²) in [4.78, 5) is 19.7. The number of carboxylic acids is 1. The fourth-order valence-corrected chi connectivity index (χ4v) is 5.62. The first-order valence-corrected chi connectivity index (χ1v) is 15.7. The van der Waals surface area contributed by atoms with Crippen molar-refractivity contribution in [3.63, 3.8) is 0 Å². The summed E-state index contributed by atoms with van der Waals surface area (Å²) in [5, 5.41) is 24.1. The lowest BCUT2D eigenvalue weighted by Crippen LogP contribution is -2.45. The lowest BCUT2D eigenvalue weighted by molar-refractivity contribution is -0.160. The molecule has 12 nitrogen and oxygen atoms in total. The number of anilines is 1. The van der Waals surface area contributed by atoms with Crippen molar-refractivity contribution in [3.05, 3.63) is 60.2 Å². The zero-order valence-corrected chi connectivity index (χ0v) is 27.8. The molecule has 12 heteroatoms. The molecule has 1 fully saturated rings. The fourth-order valence-electron chi connectivity index (χ4n) is 5.62. The van der Waals surface area contributed by atoms with Gasteiger partial charge in [-0.05, 0) is 59.8 Å². The number of aromatic nitrogens is 6. The number of fused-ring (bicyclic) bond motifs is 1. The van der Waals surface area contributed by atoms with Gasteiger partial charge >= 0.3 is 5.97 Å². The molecule has 0 aliphatic carbocycles. The minimum atomic E-state index is -1.23. The first-order valence-electron chi connectivity index (χ1n) is 15.7. The van der Waals surface area contributed by atoms with Gasteiger partial charge in [0.05, 0.1) is 48.4 Å². The number of aryl methyl sites for hydroxylation is 1. The van der Waals surface area contributed by atoms with Crippen LogP contribution in [0.4, 0.5) is 5.82 Å². The van der Waals surface area contributed by atoms with E-state index in [0.29, 0.717) is 67.2 Å². The maximum Gasteiger partial charge on any atom is 0.337 e. The molecule has 1 aliphatic rings. The highest BCUT2D eigenvalue weighted by molar-refractivity contribution is 5.78. The minimum absolute atomic E-state index is 0.188. The fraction of sp³-hybridized carbons (Fsp3) is 0.606. The summed E-state index contributed by atoms with van der Waals surface area (Å²) in [7, 11) is 0. The van der Waals surface area contributed by atoms with Crippen molar-refractivity contribution in [2.45, 2.75) is 97.7 Å². The van der Waals surface area contributed by atoms with Crippen molar-refractivity contribution in [3.8, 4) is 0 Å². The van der Waals surface area contributed by atoms with E-state index in [2.05, 4.69) is 49.1 Å². The Morgan fingerprint density at radius 3 is 2.47 bits per heavy atom. The SMILES string of the molecule is C=CCOC(CC(C)C)c1cn(Cc2cc3nc(C)c(C(OC(C)(C)C)C(=O)O)c(N4CCC(C)(OCC=C)CC4)n3n2)nn1. The molecule has 3 aromatic rings. The topological polar surface area (TPSA) is 129 Å². The van der Waals surface area contributed by atoms with Crippen LogP contribution in [-0.4, -0.2) is 78.2 Å². The van der Waals surface area contributed by atoms with Gasteiger partial charge in [-0.2, -0.15) is 9.61 Å². The molecule has 1 saturated heterocycles. The Bertz CT molecular complexity index is 1480. The van der Waals surface area contributed by atoms with Gasteiger partial charge in [0, 0.05) is 24.8 Å². The van der Waals surface area contributed by atoms with Crippen LogP contribution in [0.1, 0.15) is 95.7 Å². The number of carbonyl (C=O) groups is 1. The molecule has 0 spiro atoms. The number of aliphatic carboxylic acids is 1. The number of piperidine rings is 1. The second-order valence-electron chi connectivity index (χ2n) is 13.4. The first-order chi connectivity index (χ1) is 21.2. The van der Waals surface area contributed by atoms with Gasteiger partial charge in [-0.1, -0.05) is 31.2 Å². The molecule has 3 aromatic heterocycles. The molecule has 0 saturated carbocycles. The van der Waals surface area contributed by atoms with E-state index >= 15 is 0 Å². The average Bonchev–Trinajstić information content (AvgIpc) is 3.59. The third-order valence-electron chi connectivity index (χ3n) is 7.79. The summed E-state index contributed by atoms with van der Waals surface area (Å²) in [6.45, 7) is 23.9. The van der Waals surface area contributed by atoms with Gasteiger partial charge in [0.25, 0.3) is 0 Å². The molecule has 45 heavy (non-hydrogen) atoms. The predicted molar refractivity (Wildman–Crippen MR) is 172 cm³/mol. The number of ether oxygens (including phenoxy) is 3. The second kappa shape index (κ2) is 14.2. The van der Waals surface area contributed by atoms with Crippen molar-refractivity contribution in [1.29, 1.82) is 0 Å². The van der Waals surface area contributed by atoms with Gasteiger partial charge in [-0.25, -0.2) is 14.5 Å². The molecule has 4 heterocycles. The van der Waals surface area contributed by atoms with Crippen LogP contribution in [0.5, 0.6) is 0 Å². The van der Waals surface area contributed by atoms with Crippen molar-refractivity contribution in [1.82, 2.24) is 29.6 Å². The van der Waals surface area contributed by atoms with E-state index in [4.69, 9.17) is 24.3 Å². The van der Waals surface area contributed by atoms with Crippen LogP contribution in [0, 0.1) is 12.8 Å². The Labute approximate surface area is 266 Å². The molecule has 2 unspecified atom stereocenters. The zero-order chi connectivity index (χ0) is 32.9. The smallest absolute Gasteiger partial charge is 0.337 e. The van der Waals surface area contributed by atoms with E-state index in [-0.39, 0.29) is 11.7 Å². The van der Waals surface area contributed by atoms with E-state index in [9.17, 15) is 9.90 Å². The third-order valence-corrected chi connectivity index (χ3v) is 7.79. The van der Waals surface area contributed by atoms with Gasteiger partial charge in [0.1, 0.15) is 17.6 Å². The second-order valence-corrected chi connectivity index (χ2v) is 13.4. The van der Waals surface area contributed by atoms with Gasteiger partial charge in [0.2, 0.25) is 0 Å². The van der Waals surface area contributed by atoms with Gasteiger partial charge in [0.15, 0.2) is 11.8 Å². The van der Waals surface area contributed by atoms with Crippen LogP contribution in [-0.2, 0) is 25.5 Å². The lowest BCUT2D eigenvalue weighted by atomic mass is 9.92. The van der Waals surface area contributed by atoms with Gasteiger partial charge in [-0.15, -0.1) is 18.3 Å². The maximum absolute atomic E-state index is 12.7. The van der Waals surface area contributed by atoms with Crippen LogP contribution in [0.3, 0.4) is 0 Å². The lowest BCUT2D eigenvalue weighted by Gasteiger charge is -2.41. The highest BCUT2D eigenvalue weighted by Crippen LogP contribution is 2.37. The standard InChI is InChI=1S/C33H49N7O5/c1-10-16-43-26(18-22(3)4)25-21-39(37-35-25)20-24-19-27-34-23(5)28(29(31(41)42)45-32(6,7)8)30(40(27)36-24)38-14-12-33(9,13-15-38)44-17-11-2/h10-11,19,21-22,26,29H,1-2,12-18,20H2,3-9H3,(H,41,42). The Morgan fingerprint density at radius 1 is 1.18 bits per heavy atom. The van der Waals surface area contributed by atoms with Gasteiger partial charge in [-0.3, -0.25) is 0 Å². The normalized spacial score (nSPS) is 16.7. The monoisotopic (exact) mass is 623 g/mol. The Balaban J connectivity index is 1.74. The molecule has 1 aliphatic heterocycles. The van der Waals surface area contributed by atoms with E-state index < -0.39 is 17.7 Å². The molecule has 0 amide bonds. The molecular weight excluding hydrogens is 574 g/mol. The van der Waals surface area contributed by atoms with E-state index in [0.717, 1.165) is 25.0 Å².